The average Bonchev–Trinajstić information content (AvgIpc) is 3.41. The number of para-hydroxylation sites is 1. The maximum absolute atomic E-state index is 13.6. The molecule has 10 heteroatoms. The summed E-state index contributed by atoms with van der Waals surface area (Å²) < 4.78 is 40.7. The van der Waals surface area contributed by atoms with Gasteiger partial charge < -0.3 is 15.6 Å². The molecule has 1 atom stereocenters. The van der Waals surface area contributed by atoms with Gasteiger partial charge in [-0.3, -0.25) is 5.10 Å². The van der Waals surface area contributed by atoms with Crippen LogP contribution in [0.1, 0.15) is 28.4 Å². The minimum atomic E-state index is -4.45. The van der Waals surface area contributed by atoms with Gasteiger partial charge in [-0.2, -0.15) is 28.2 Å². The minimum absolute atomic E-state index is 0.0620. The van der Waals surface area contributed by atoms with Crippen LogP contribution in [-0.2, 0) is 12.6 Å². The molecular weight excluding hydrogens is 431 g/mol. The Morgan fingerprint density at radius 2 is 1.88 bits per heavy atom. The molecule has 0 radical (unpaired) electrons. The number of aromatic amines is 2. The van der Waals surface area contributed by atoms with Crippen LogP contribution in [0.3, 0.4) is 0 Å². The van der Waals surface area contributed by atoms with Gasteiger partial charge in [0.2, 0.25) is 5.95 Å². The molecule has 0 bridgehead atoms. The van der Waals surface area contributed by atoms with Gasteiger partial charge in [-0.25, -0.2) is 0 Å². The van der Waals surface area contributed by atoms with Gasteiger partial charge in [0.1, 0.15) is 5.82 Å². The number of hydrogen-bond acceptors (Lipinski definition) is 5. The molecule has 2 aromatic carbocycles. The second-order valence-electron chi connectivity index (χ2n) is 8.07. The molecule has 3 aromatic heterocycles. The Hall–Kier alpha value is -4.08. The number of nitrogens with one attached hydrogen (secondary N) is 2. The van der Waals surface area contributed by atoms with E-state index < -0.39 is 17.8 Å². The Balaban J connectivity index is 1.61. The number of fused-ring (bicyclic) bond motifs is 4. The van der Waals surface area contributed by atoms with Gasteiger partial charge in [-0.05, 0) is 35.7 Å². The lowest BCUT2D eigenvalue weighted by atomic mass is 9.91. The first kappa shape index (κ1) is 19.6. The smallest absolute Gasteiger partial charge is 0.368 e. The number of benzene rings is 2. The van der Waals surface area contributed by atoms with E-state index >= 15 is 0 Å². The lowest BCUT2D eigenvalue weighted by molar-refractivity contribution is -0.137. The molecule has 5 aromatic rings. The fourth-order valence-corrected chi connectivity index (χ4v) is 4.76. The number of nitrogens with zero attached hydrogens (tertiary/aromatic N) is 4. The zero-order chi connectivity index (χ0) is 22.7. The number of anilines is 2. The summed E-state index contributed by atoms with van der Waals surface area (Å²) in [4.78, 5) is 14.1. The highest BCUT2D eigenvalue weighted by atomic mass is 19.4. The van der Waals surface area contributed by atoms with Crippen LogP contribution in [0.5, 0.6) is 0 Å². The Kier molecular flexibility index (Phi) is 4.13. The van der Waals surface area contributed by atoms with Gasteiger partial charge in [0.05, 0.1) is 23.2 Å². The van der Waals surface area contributed by atoms with Crippen molar-refractivity contribution in [1.29, 1.82) is 0 Å². The number of H-pyrrole nitrogens is 2. The standard InChI is InChI=1S/C23H18F3N7/c24-23(25,26)13-5-3-4-12(10-13)19-18-15(14-6-1-2-7-17(14)29-18)8-9-33(19)21-16-11-28-32-20(16)30-22(27)31-21/h1-7,10-11,19,29H,8-9H2,(H3,27,28,30,31,32). The summed E-state index contributed by atoms with van der Waals surface area (Å²) in [5.74, 6) is 0.588. The first-order valence-corrected chi connectivity index (χ1v) is 10.4. The summed E-state index contributed by atoms with van der Waals surface area (Å²) in [6.07, 6.45) is -2.15. The molecule has 166 valence electrons. The zero-order valence-corrected chi connectivity index (χ0v) is 17.2. The number of aromatic nitrogens is 5. The molecule has 0 fully saturated rings. The number of halogens is 3. The molecule has 6 rings (SSSR count). The first-order valence-electron chi connectivity index (χ1n) is 10.4. The van der Waals surface area contributed by atoms with Crippen molar-refractivity contribution in [3.05, 3.63) is 77.1 Å². The van der Waals surface area contributed by atoms with E-state index in [1.54, 1.807) is 12.3 Å². The predicted octanol–water partition coefficient (Wildman–Crippen LogP) is 4.59. The van der Waals surface area contributed by atoms with E-state index in [9.17, 15) is 13.2 Å². The molecule has 0 spiro atoms. The number of alkyl halides is 3. The van der Waals surface area contributed by atoms with E-state index in [-0.39, 0.29) is 5.95 Å². The molecule has 33 heavy (non-hydrogen) atoms. The van der Waals surface area contributed by atoms with Crippen molar-refractivity contribution in [3.63, 3.8) is 0 Å². The summed E-state index contributed by atoms with van der Waals surface area (Å²) in [6, 6.07) is 12.8. The largest absolute Gasteiger partial charge is 0.416 e. The van der Waals surface area contributed by atoms with E-state index in [1.165, 1.54) is 12.1 Å². The van der Waals surface area contributed by atoms with E-state index in [0.717, 1.165) is 28.2 Å². The van der Waals surface area contributed by atoms with E-state index in [4.69, 9.17) is 5.73 Å². The van der Waals surface area contributed by atoms with Crippen molar-refractivity contribution < 1.29 is 13.2 Å². The summed E-state index contributed by atoms with van der Waals surface area (Å²) in [6.45, 7) is 0.534. The summed E-state index contributed by atoms with van der Waals surface area (Å²) in [5, 5.41) is 8.58. The van der Waals surface area contributed by atoms with Gasteiger partial charge in [-0.1, -0.05) is 30.3 Å². The van der Waals surface area contributed by atoms with Gasteiger partial charge in [0, 0.05) is 23.1 Å². The molecule has 4 heterocycles. The van der Waals surface area contributed by atoms with Crippen LogP contribution in [0.2, 0.25) is 0 Å². The summed E-state index contributed by atoms with van der Waals surface area (Å²) >= 11 is 0. The molecule has 4 N–H and O–H groups in total. The average molecular weight is 449 g/mol. The molecular formula is C23H18F3N7. The summed E-state index contributed by atoms with van der Waals surface area (Å²) in [5.41, 5.74) is 9.12. The van der Waals surface area contributed by atoms with Gasteiger partial charge in [0.25, 0.3) is 0 Å². The minimum Gasteiger partial charge on any atom is -0.368 e. The molecule has 0 saturated heterocycles. The lowest BCUT2D eigenvalue weighted by Gasteiger charge is -2.37. The van der Waals surface area contributed by atoms with Crippen molar-refractivity contribution in [1.82, 2.24) is 25.1 Å². The van der Waals surface area contributed by atoms with Crippen molar-refractivity contribution in [2.75, 3.05) is 17.2 Å². The van der Waals surface area contributed by atoms with Gasteiger partial charge >= 0.3 is 6.18 Å². The first-order chi connectivity index (χ1) is 15.9. The topological polar surface area (TPSA) is 99.5 Å². The Morgan fingerprint density at radius 1 is 1.03 bits per heavy atom. The fourth-order valence-electron chi connectivity index (χ4n) is 4.76. The fraction of sp³-hybridized carbons (Fsp3) is 0.174. The van der Waals surface area contributed by atoms with E-state index in [0.29, 0.717) is 35.4 Å². The highest BCUT2D eigenvalue weighted by Gasteiger charge is 2.36. The van der Waals surface area contributed by atoms with Gasteiger partial charge in [-0.15, -0.1) is 0 Å². The number of nitrogen functional groups attached to an aromatic ring is 1. The van der Waals surface area contributed by atoms with Crippen LogP contribution >= 0.6 is 0 Å². The van der Waals surface area contributed by atoms with Crippen LogP contribution in [0.25, 0.3) is 21.9 Å². The second kappa shape index (κ2) is 6.96. The van der Waals surface area contributed by atoms with Crippen LogP contribution in [-0.4, -0.2) is 31.7 Å². The van der Waals surface area contributed by atoms with Crippen molar-refractivity contribution in [2.24, 2.45) is 0 Å². The number of hydrogen-bond donors (Lipinski definition) is 3. The predicted molar refractivity (Wildman–Crippen MR) is 119 cm³/mol. The maximum atomic E-state index is 13.6. The third-order valence-corrected chi connectivity index (χ3v) is 6.14. The molecule has 0 aliphatic carbocycles. The molecule has 7 nitrogen and oxygen atoms in total. The number of nitrogens with two attached hydrogens (primary N) is 1. The SMILES string of the molecule is Nc1nc(N2CCc3c([nH]c4ccccc34)C2c2cccc(C(F)(F)F)c2)c2cn[nH]c2n1. The van der Waals surface area contributed by atoms with Crippen LogP contribution < -0.4 is 10.6 Å². The Labute approximate surface area is 185 Å². The molecule has 1 aliphatic heterocycles. The maximum Gasteiger partial charge on any atom is 0.416 e. The number of rotatable bonds is 2. The third-order valence-electron chi connectivity index (χ3n) is 6.14. The van der Waals surface area contributed by atoms with E-state index in [2.05, 4.69) is 25.1 Å². The normalized spacial score (nSPS) is 16.5. The van der Waals surface area contributed by atoms with Crippen LogP contribution in [0, 0.1) is 0 Å². The lowest BCUT2D eigenvalue weighted by Crippen LogP contribution is -2.37. The van der Waals surface area contributed by atoms with Crippen molar-refractivity contribution in [2.45, 2.75) is 18.6 Å². The van der Waals surface area contributed by atoms with Crippen LogP contribution in [0.15, 0.2) is 54.7 Å². The Morgan fingerprint density at radius 3 is 2.73 bits per heavy atom. The Bertz CT molecular complexity index is 1500. The quantitative estimate of drug-likeness (QED) is 0.366. The molecule has 0 amide bonds. The molecule has 1 unspecified atom stereocenters. The third kappa shape index (κ3) is 3.09. The van der Waals surface area contributed by atoms with Gasteiger partial charge in [0.15, 0.2) is 5.65 Å². The van der Waals surface area contributed by atoms with Crippen molar-refractivity contribution in [3.8, 4) is 0 Å². The zero-order valence-electron chi connectivity index (χ0n) is 17.2. The molecule has 1 aliphatic rings. The highest BCUT2D eigenvalue weighted by Crippen LogP contribution is 2.43. The van der Waals surface area contributed by atoms with Crippen LogP contribution in [0.4, 0.5) is 24.9 Å². The summed E-state index contributed by atoms with van der Waals surface area (Å²) in [7, 11) is 0. The second-order valence-corrected chi connectivity index (χ2v) is 8.07. The van der Waals surface area contributed by atoms with Crippen molar-refractivity contribution >= 4 is 33.7 Å². The highest BCUT2D eigenvalue weighted by molar-refractivity contribution is 5.90. The monoisotopic (exact) mass is 449 g/mol. The molecule has 0 saturated carbocycles. The van der Waals surface area contributed by atoms with E-state index in [1.807, 2.05) is 29.2 Å².